The topological polar surface area (TPSA) is 42.2 Å². The molecule has 5 heteroatoms. The summed E-state index contributed by atoms with van der Waals surface area (Å²) in [5.41, 5.74) is 2.72. The van der Waals surface area contributed by atoms with E-state index in [1.165, 1.54) is 24.0 Å². The highest BCUT2D eigenvalue weighted by Crippen LogP contribution is 2.33. The van der Waals surface area contributed by atoms with Crippen molar-refractivity contribution in [1.82, 2.24) is 15.1 Å². The van der Waals surface area contributed by atoms with Gasteiger partial charge in [-0.2, -0.15) is 0 Å². The third kappa shape index (κ3) is 3.14. The molecule has 3 aromatic rings. The van der Waals surface area contributed by atoms with E-state index in [2.05, 4.69) is 46.3 Å². The van der Waals surface area contributed by atoms with E-state index in [-0.39, 0.29) is 6.04 Å². The number of nitrogens with zero attached hydrogens (tertiary/aromatic N) is 3. The predicted molar refractivity (Wildman–Crippen MR) is 95.8 cm³/mol. The van der Waals surface area contributed by atoms with E-state index in [9.17, 15) is 0 Å². The molecular weight excluding hydrogens is 318 g/mol. The van der Waals surface area contributed by atoms with Crippen LogP contribution in [0.2, 0.25) is 0 Å². The van der Waals surface area contributed by atoms with Gasteiger partial charge in [0.15, 0.2) is 0 Å². The number of aromatic nitrogens is 2. The fourth-order valence-electron chi connectivity index (χ4n) is 3.34. The average Bonchev–Trinajstić information content (AvgIpc) is 3.28. The molecule has 1 saturated heterocycles. The van der Waals surface area contributed by atoms with Crippen molar-refractivity contribution in [1.29, 1.82) is 0 Å². The van der Waals surface area contributed by atoms with Gasteiger partial charge in [-0.05, 0) is 48.9 Å². The van der Waals surface area contributed by atoms with Gasteiger partial charge in [-0.1, -0.05) is 36.8 Å². The minimum absolute atomic E-state index is 0.222. The van der Waals surface area contributed by atoms with Crippen LogP contribution < -0.4 is 0 Å². The lowest BCUT2D eigenvalue weighted by molar-refractivity contribution is 0.118. The third-order valence-electron chi connectivity index (χ3n) is 4.71. The van der Waals surface area contributed by atoms with Crippen molar-refractivity contribution >= 4 is 11.3 Å². The molecule has 1 atom stereocenters. The Bertz CT molecular complexity index is 797. The molecule has 0 bridgehead atoms. The fraction of sp³-hybridized carbons (Fsp3) is 0.368. The first-order valence-corrected chi connectivity index (χ1v) is 9.35. The van der Waals surface area contributed by atoms with Crippen molar-refractivity contribution in [2.45, 2.75) is 38.8 Å². The molecule has 0 aliphatic carbocycles. The maximum atomic E-state index is 6.01. The molecule has 1 fully saturated rings. The molecule has 1 unspecified atom stereocenters. The highest BCUT2D eigenvalue weighted by atomic mass is 32.1. The minimum Gasteiger partial charge on any atom is -0.418 e. The van der Waals surface area contributed by atoms with Gasteiger partial charge >= 0.3 is 0 Å². The zero-order valence-electron chi connectivity index (χ0n) is 13.8. The molecule has 1 aliphatic heterocycles. The van der Waals surface area contributed by atoms with Crippen molar-refractivity contribution < 1.29 is 4.42 Å². The molecule has 0 radical (unpaired) electrons. The van der Waals surface area contributed by atoms with Gasteiger partial charge < -0.3 is 4.42 Å². The Kier molecular flexibility index (Phi) is 4.45. The van der Waals surface area contributed by atoms with Crippen molar-refractivity contribution in [3.8, 4) is 10.8 Å². The molecule has 0 N–H and O–H groups in total. The highest BCUT2D eigenvalue weighted by Gasteiger charge is 2.29. The molecule has 1 aromatic carbocycles. The first-order chi connectivity index (χ1) is 11.8. The Morgan fingerprint density at radius 1 is 1.17 bits per heavy atom. The van der Waals surface area contributed by atoms with Crippen LogP contribution >= 0.6 is 11.3 Å². The standard InChI is InChI=1S/C19H21N3OS/c1-14-7-2-3-8-15(14)13-22-11-5-4-9-16(22)18-20-21-19(23-18)17-10-6-12-24-17/h2-3,6-8,10,12,16H,4-5,9,11,13H2,1H3. The van der Waals surface area contributed by atoms with Crippen molar-refractivity contribution in [3.05, 3.63) is 58.8 Å². The first-order valence-electron chi connectivity index (χ1n) is 8.47. The van der Waals surface area contributed by atoms with Crippen molar-refractivity contribution in [2.24, 2.45) is 0 Å². The lowest BCUT2D eigenvalue weighted by Gasteiger charge is -2.33. The number of hydrogen-bond acceptors (Lipinski definition) is 5. The zero-order chi connectivity index (χ0) is 16.4. The van der Waals surface area contributed by atoms with Crippen molar-refractivity contribution in [3.63, 3.8) is 0 Å². The summed E-state index contributed by atoms with van der Waals surface area (Å²) in [5, 5.41) is 10.7. The largest absolute Gasteiger partial charge is 0.418 e. The lowest BCUT2D eigenvalue weighted by Crippen LogP contribution is -2.33. The fourth-order valence-corrected chi connectivity index (χ4v) is 3.98. The Labute approximate surface area is 146 Å². The molecular formula is C19H21N3OS. The molecule has 4 rings (SSSR count). The van der Waals surface area contributed by atoms with Crippen LogP contribution in [0.25, 0.3) is 10.8 Å². The molecule has 0 spiro atoms. The summed E-state index contributed by atoms with van der Waals surface area (Å²) in [6, 6.07) is 12.9. The van der Waals surface area contributed by atoms with Gasteiger partial charge in [0.2, 0.25) is 5.89 Å². The molecule has 3 heterocycles. The number of aryl methyl sites for hydroxylation is 1. The number of rotatable bonds is 4. The van der Waals surface area contributed by atoms with Gasteiger partial charge in [-0.3, -0.25) is 4.90 Å². The molecule has 0 saturated carbocycles. The summed E-state index contributed by atoms with van der Waals surface area (Å²) >= 11 is 1.63. The minimum atomic E-state index is 0.222. The number of thiophene rings is 1. The SMILES string of the molecule is Cc1ccccc1CN1CCCCC1c1nnc(-c2cccs2)o1. The lowest BCUT2D eigenvalue weighted by atomic mass is 10.00. The third-order valence-corrected chi connectivity index (χ3v) is 5.56. The quantitative estimate of drug-likeness (QED) is 0.682. The van der Waals surface area contributed by atoms with Crippen LogP contribution in [0, 0.1) is 6.92 Å². The Morgan fingerprint density at radius 2 is 2.08 bits per heavy atom. The first kappa shape index (κ1) is 15.5. The number of benzene rings is 1. The zero-order valence-corrected chi connectivity index (χ0v) is 14.6. The summed E-state index contributed by atoms with van der Waals surface area (Å²) in [6.45, 7) is 4.19. The van der Waals surface area contributed by atoms with Gasteiger partial charge in [0, 0.05) is 6.54 Å². The van der Waals surface area contributed by atoms with Gasteiger partial charge in [-0.15, -0.1) is 21.5 Å². The summed E-state index contributed by atoms with van der Waals surface area (Å²) in [7, 11) is 0. The van der Waals surface area contributed by atoms with Crippen LogP contribution in [0.15, 0.2) is 46.2 Å². The monoisotopic (exact) mass is 339 g/mol. The van der Waals surface area contributed by atoms with E-state index in [0.29, 0.717) is 5.89 Å². The second-order valence-corrected chi connectivity index (χ2v) is 7.28. The molecule has 1 aliphatic rings. The van der Waals surface area contributed by atoms with Gasteiger partial charge in [0.05, 0.1) is 10.9 Å². The van der Waals surface area contributed by atoms with Crippen LogP contribution in [-0.2, 0) is 6.54 Å². The summed E-state index contributed by atoms with van der Waals surface area (Å²) in [6.07, 6.45) is 3.53. The molecule has 4 nitrogen and oxygen atoms in total. The predicted octanol–water partition coefficient (Wildman–Crippen LogP) is 4.83. The van der Waals surface area contributed by atoms with Crippen LogP contribution in [0.4, 0.5) is 0 Å². The van der Waals surface area contributed by atoms with E-state index in [0.717, 1.165) is 30.3 Å². The van der Waals surface area contributed by atoms with E-state index in [1.807, 2.05) is 17.5 Å². The molecule has 2 aromatic heterocycles. The maximum absolute atomic E-state index is 6.01. The van der Waals surface area contributed by atoms with Gasteiger partial charge in [0.25, 0.3) is 5.89 Å². The van der Waals surface area contributed by atoms with E-state index in [4.69, 9.17) is 4.42 Å². The van der Waals surface area contributed by atoms with Crippen LogP contribution in [0.3, 0.4) is 0 Å². The van der Waals surface area contributed by atoms with Crippen LogP contribution in [0.1, 0.15) is 42.3 Å². The van der Waals surface area contributed by atoms with Crippen molar-refractivity contribution in [2.75, 3.05) is 6.54 Å². The second kappa shape index (κ2) is 6.87. The number of likely N-dealkylation sites (tertiary alicyclic amines) is 1. The molecule has 124 valence electrons. The van der Waals surface area contributed by atoms with Crippen LogP contribution in [0.5, 0.6) is 0 Å². The van der Waals surface area contributed by atoms with E-state index >= 15 is 0 Å². The second-order valence-electron chi connectivity index (χ2n) is 6.33. The molecule has 24 heavy (non-hydrogen) atoms. The Hall–Kier alpha value is -1.98. The Morgan fingerprint density at radius 3 is 2.92 bits per heavy atom. The normalized spacial score (nSPS) is 18.8. The molecule has 0 amide bonds. The smallest absolute Gasteiger partial charge is 0.257 e. The van der Waals surface area contributed by atoms with E-state index in [1.54, 1.807) is 11.3 Å². The Balaban J connectivity index is 1.57. The summed E-state index contributed by atoms with van der Waals surface area (Å²) in [4.78, 5) is 3.52. The summed E-state index contributed by atoms with van der Waals surface area (Å²) in [5.74, 6) is 1.40. The average molecular weight is 339 g/mol. The number of piperidine rings is 1. The van der Waals surface area contributed by atoms with E-state index < -0.39 is 0 Å². The summed E-state index contributed by atoms with van der Waals surface area (Å²) < 4.78 is 6.01. The highest BCUT2D eigenvalue weighted by molar-refractivity contribution is 7.13. The van der Waals surface area contributed by atoms with Gasteiger partial charge in [-0.25, -0.2) is 0 Å². The maximum Gasteiger partial charge on any atom is 0.257 e. The van der Waals surface area contributed by atoms with Crippen LogP contribution in [-0.4, -0.2) is 21.6 Å². The van der Waals surface area contributed by atoms with Gasteiger partial charge in [0.1, 0.15) is 0 Å². The number of hydrogen-bond donors (Lipinski definition) is 0.